The maximum Gasteiger partial charge on any atom is 0.246 e. The minimum atomic E-state index is -3.67. The summed E-state index contributed by atoms with van der Waals surface area (Å²) in [6.45, 7) is 2.65. The van der Waals surface area contributed by atoms with E-state index in [0.717, 1.165) is 12.8 Å². The molecule has 7 heteroatoms. The predicted molar refractivity (Wildman–Crippen MR) is 81.6 cm³/mol. The second kappa shape index (κ2) is 6.29. The summed E-state index contributed by atoms with van der Waals surface area (Å²) in [5.74, 6) is 0. The van der Waals surface area contributed by atoms with E-state index in [1.165, 1.54) is 17.5 Å². The summed E-state index contributed by atoms with van der Waals surface area (Å²) in [4.78, 5) is 4.07. The maximum atomic E-state index is 12.7. The van der Waals surface area contributed by atoms with Crippen LogP contribution in [0.3, 0.4) is 0 Å². The van der Waals surface area contributed by atoms with Gasteiger partial charge < -0.3 is 10.4 Å². The maximum absolute atomic E-state index is 12.7. The molecule has 2 rings (SSSR count). The third-order valence-electron chi connectivity index (χ3n) is 3.89. The quantitative estimate of drug-likeness (QED) is 0.830. The highest BCUT2D eigenvalue weighted by atomic mass is 32.2. The molecule has 6 nitrogen and oxygen atoms in total. The number of rotatable bonds is 6. The van der Waals surface area contributed by atoms with E-state index in [9.17, 15) is 13.5 Å². The van der Waals surface area contributed by atoms with Gasteiger partial charge in [0.05, 0.1) is 11.3 Å². The SMILES string of the molecule is CCNc1ccncc1S(=O)(=O)N(C)CC1(O)CCCC1. The summed E-state index contributed by atoms with van der Waals surface area (Å²) in [5, 5.41) is 13.4. The van der Waals surface area contributed by atoms with Crippen LogP contribution in [0.5, 0.6) is 0 Å². The Morgan fingerprint density at radius 3 is 2.71 bits per heavy atom. The lowest BCUT2D eigenvalue weighted by Crippen LogP contribution is -2.42. The van der Waals surface area contributed by atoms with Gasteiger partial charge in [0.1, 0.15) is 4.90 Å². The fraction of sp³-hybridized carbons (Fsp3) is 0.643. The van der Waals surface area contributed by atoms with Gasteiger partial charge in [0, 0.05) is 32.5 Å². The second-order valence-corrected chi connectivity index (χ2v) is 7.61. The Labute approximate surface area is 126 Å². The van der Waals surface area contributed by atoms with Crippen LogP contribution in [0.1, 0.15) is 32.6 Å². The summed E-state index contributed by atoms with van der Waals surface area (Å²) >= 11 is 0. The van der Waals surface area contributed by atoms with Gasteiger partial charge in [-0.15, -0.1) is 0 Å². The fourth-order valence-electron chi connectivity index (χ4n) is 2.78. The van der Waals surface area contributed by atoms with Crippen molar-refractivity contribution in [3.05, 3.63) is 18.5 Å². The van der Waals surface area contributed by atoms with Crippen molar-refractivity contribution < 1.29 is 13.5 Å². The number of anilines is 1. The van der Waals surface area contributed by atoms with E-state index in [0.29, 0.717) is 25.1 Å². The molecule has 118 valence electrons. The summed E-state index contributed by atoms with van der Waals surface area (Å²) < 4.78 is 26.6. The molecule has 0 atom stereocenters. The zero-order chi connectivity index (χ0) is 15.5. The molecule has 1 heterocycles. The summed E-state index contributed by atoms with van der Waals surface area (Å²) in [6.07, 6.45) is 6.10. The first-order chi connectivity index (χ1) is 9.89. The lowest BCUT2D eigenvalue weighted by molar-refractivity contribution is 0.0333. The summed E-state index contributed by atoms with van der Waals surface area (Å²) in [6, 6.07) is 1.65. The van der Waals surface area contributed by atoms with E-state index in [4.69, 9.17) is 0 Å². The van der Waals surface area contributed by atoms with E-state index >= 15 is 0 Å². The normalized spacial score (nSPS) is 18.1. The van der Waals surface area contributed by atoms with Gasteiger partial charge >= 0.3 is 0 Å². The van der Waals surface area contributed by atoms with Crippen molar-refractivity contribution >= 4 is 15.7 Å². The summed E-state index contributed by atoms with van der Waals surface area (Å²) in [5.41, 5.74) is -0.361. The molecular weight excluding hydrogens is 290 g/mol. The van der Waals surface area contributed by atoms with Crippen LogP contribution in [0, 0.1) is 0 Å². The van der Waals surface area contributed by atoms with E-state index in [1.54, 1.807) is 12.3 Å². The van der Waals surface area contributed by atoms with Crippen molar-refractivity contribution in [2.24, 2.45) is 0 Å². The Bertz CT molecular complexity index is 583. The third kappa shape index (κ3) is 3.53. The van der Waals surface area contributed by atoms with Gasteiger partial charge in [-0.3, -0.25) is 4.98 Å². The number of aliphatic hydroxyl groups is 1. The standard InChI is InChI=1S/C14H23N3O3S/c1-3-16-12-6-9-15-10-13(12)21(19,20)17(2)11-14(18)7-4-5-8-14/h6,9-10,18H,3-5,7-8,11H2,1-2H3,(H,15,16). The third-order valence-corrected chi connectivity index (χ3v) is 5.72. The van der Waals surface area contributed by atoms with Crippen LogP contribution >= 0.6 is 0 Å². The first-order valence-corrected chi connectivity index (χ1v) is 8.70. The first kappa shape index (κ1) is 16.2. The number of nitrogens with zero attached hydrogens (tertiary/aromatic N) is 2. The van der Waals surface area contributed by atoms with Crippen LogP contribution in [0.15, 0.2) is 23.4 Å². The molecule has 0 saturated heterocycles. The second-order valence-electron chi connectivity index (χ2n) is 5.59. The van der Waals surface area contributed by atoms with Crippen molar-refractivity contribution in [2.45, 2.75) is 43.1 Å². The van der Waals surface area contributed by atoms with Gasteiger partial charge in [0.15, 0.2) is 0 Å². The van der Waals surface area contributed by atoms with Crippen molar-refractivity contribution in [2.75, 3.05) is 25.5 Å². The number of nitrogens with one attached hydrogen (secondary N) is 1. The van der Waals surface area contributed by atoms with E-state index in [-0.39, 0.29) is 11.4 Å². The zero-order valence-corrected chi connectivity index (χ0v) is 13.4. The molecule has 1 aliphatic carbocycles. The molecule has 0 aromatic carbocycles. The number of pyridine rings is 1. The van der Waals surface area contributed by atoms with Crippen LogP contribution in [-0.4, -0.2) is 48.6 Å². The highest BCUT2D eigenvalue weighted by Gasteiger charge is 2.36. The van der Waals surface area contributed by atoms with Crippen LogP contribution in [0.2, 0.25) is 0 Å². The Morgan fingerprint density at radius 1 is 1.43 bits per heavy atom. The molecule has 2 N–H and O–H groups in total. The van der Waals surface area contributed by atoms with Gasteiger partial charge in [0.25, 0.3) is 0 Å². The van der Waals surface area contributed by atoms with Crippen molar-refractivity contribution in [1.29, 1.82) is 0 Å². The Kier molecular flexibility index (Phi) is 4.85. The highest BCUT2D eigenvalue weighted by Crippen LogP contribution is 2.32. The number of likely N-dealkylation sites (N-methyl/N-ethyl adjacent to an activating group) is 1. The summed E-state index contributed by atoms with van der Waals surface area (Å²) in [7, 11) is -2.16. The molecule has 1 saturated carbocycles. The highest BCUT2D eigenvalue weighted by molar-refractivity contribution is 7.89. The molecule has 1 aromatic rings. The molecule has 0 bridgehead atoms. The largest absolute Gasteiger partial charge is 0.389 e. The Morgan fingerprint density at radius 2 is 2.10 bits per heavy atom. The van der Waals surface area contributed by atoms with Crippen molar-refractivity contribution in [1.82, 2.24) is 9.29 Å². The van der Waals surface area contributed by atoms with Crippen molar-refractivity contribution in [3.8, 4) is 0 Å². The van der Waals surface area contributed by atoms with E-state index < -0.39 is 15.6 Å². The van der Waals surface area contributed by atoms with Gasteiger partial charge in [-0.1, -0.05) is 12.8 Å². The molecule has 21 heavy (non-hydrogen) atoms. The van der Waals surface area contributed by atoms with Crippen LogP contribution in [0.4, 0.5) is 5.69 Å². The number of hydrogen-bond donors (Lipinski definition) is 2. The predicted octanol–water partition coefficient (Wildman–Crippen LogP) is 1.44. The van der Waals surface area contributed by atoms with Gasteiger partial charge in [-0.25, -0.2) is 8.42 Å². The fourth-order valence-corrected chi connectivity index (χ4v) is 4.14. The Hall–Kier alpha value is -1.18. The van der Waals surface area contributed by atoms with Gasteiger partial charge in [-0.2, -0.15) is 4.31 Å². The molecule has 1 fully saturated rings. The lowest BCUT2D eigenvalue weighted by atomic mass is 10.0. The monoisotopic (exact) mass is 313 g/mol. The molecule has 0 aliphatic heterocycles. The molecule has 0 unspecified atom stereocenters. The average Bonchev–Trinajstić information content (AvgIpc) is 2.86. The van der Waals surface area contributed by atoms with E-state index in [1.807, 2.05) is 6.92 Å². The number of sulfonamides is 1. The van der Waals surface area contributed by atoms with Crippen LogP contribution < -0.4 is 5.32 Å². The molecule has 1 aromatic heterocycles. The number of hydrogen-bond acceptors (Lipinski definition) is 5. The Balaban J connectivity index is 2.25. The zero-order valence-electron chi connectivity index (χ0n) is 12.5. The average molecular weight is 313 g/mol. The van der Waals surface area contributed by atoms with Crippen LogP contribution in [0.25, 0.3) is 0 Å². The minimum Gasteiger partial charge on any atom is -0.389 e. The molecule has 1 aliphatic rings. The number of aromatic nitrogens is 1. The topological polar surface area (TPSA) is 82.5 Å². The van der Waals surface area contributed by atoms with Gasteiger partial charge in [0.2, 0.25) is 10.0 Å². The molecule has 0 radical (unpaired) electrons. The smallest absolute Gasteiger partial charge is 0.246 e. The van der Waals surface area contributed by atoms with Crippen molar-refractivity contribution in [3.63, 3.8) is 0 Å². The van der Waals surface area contributed by atoms with Crippen LogP contribution in [-0.2, 0) is 10.0 Å². The lowest BCUT2D eigenvalue weighted by Gasteiger charge is -2.28. The minimum absolute atomic E-state index is 0.121. The molecular formula is C14H23N3O3S. The van der Waals surface area contributed by atoms with Gasteiger partial charge in [-0.05, 0) is 25.8 Å². The molecule has 0 amide bonds. The van der Waals surface area contributed by atoms with E-state index in [2.05, 4.69) is 10.3 Å². The first-order valence-electron chi connectivity index (χ1n) is 7.26. The molecule has 0 spiro atoms.